The second kappa shape index (κ2) is 4.04. The van der Waals surface area contributed by atoms with Gasteiger partial charge in [0.2, 0.25) is 5.88 Å². The van der Waals surface area contributed by atoms with Gasteiger partial charge in [0, 0.05) is 12.3 Å². The lowest BCUT2D eigenvalue weighted by Gasteiger charge is -2.07. The molecule has 0 aromatic carbocycles. The minimum Gasteiger partial charge on any atom is -0.386 e. The van der Waals surface area contributed by atoms with Crippen LogP contribution in [0, 0.1) is 6.92 Å². The van der Waals surface area contributed by atoms with E-state index in [9.17, 15) is 13.2 Å². The Balaban J connectivity index is 2.19. The van der Waals surface area contributed by atoms with Gasteiger partial charge in [0.1, 0.15) is 6.33 Å². The molecule has 0 spiro atoms. The number of hydrogen-bond acceptors (Lipinski definition) is 4. The van der Waals surface area contributed by atoms with Crippen molar-refractivity contribution in [3.63, 3.8) is 0 Å². The van der Waals surface area contributed by atoms with Gasteiger partial charge in [0.25, 0.3) is 0 Å². The number of imidazole rings is 1. The van der Waals surface area contributed by atoms with Gasteiger partial charge in [-0.1, -0.05) is 0 Å². The molecular weight excluding hydrogens is 237 g/mol. The maximum absolute atomic E-state index is 11.9. The molecular formula is C9H7F3N4O. The molecule has 0 atom stereocenters. The highest BCUT2D eigenvalue weighted by molar-refractivity contribution is 5.24. The van der Waals surface area contributed by atoms with Crippen LogP contribution in [0.2, 0.25) is 0 Å². The molecule has 17 heavy (non-hydrogen) atoms. The smallest absolute Gasteiger partial charge is 0.386 e. The first kappa shape index (κ1) is 11.4. The molecule has 2 aromatic heterocycles. The first-order valence-corrected chi connectivity index (χ1v) is 4.54. The Hall–Kier alpha value is -2.12. The molecule has 0 saturated carbocycles. The molecule has 8 heteroatoms. The normalized spacial score (nSPS) is 11.5. The van der Waals surface area contributed by atoms with Gasteiger partial charge in [0.15, 0.2) is 5.82 Å². The van der Waals surface area contributed by atoms with Gasteiger partial charge in [0.05, 0.1) is 5.69 Å². The van der Waals surface area contributed by atoms with E-state index < -0.39 is 12.2 Å². The predicted octanol–water partition coefficient (Wildman–Crippen LogP) is 1.87. The third kappa shape index (κ3) is 2.92. The maximum atomic E-state index is 11.9. The Morgan fingerprint density at radius 3 is 2.47 bits per heavy atom. The molecule has 0 saturated heterocycles. The maximum Gasteiger partial charge on any atom is 0.574 e. The van der Waals surface area contributed by atoms with Crippen molar-refractivity contribution in [1.29, 1.82) is 0 Å². The lowest BCUT2D eigenvalue weighted by molar-refractivity contribution is -0.276. The van der Waals surface area contributed by atoms with Gasteiger partial charge < -0.3 is 4.74 Å². The van der Waals surface area contributed by atoms with Crippen LogP contribution in [0.25, 0.3) is 5.82 Å². The molecule has 2 heterocycles. The van der Waals surface area contributed by atoms with E-state index >= 15 is 0 Å². The molecule has 2 aromatic rings. The standard InChI is InChI=1S/C9H7F3N4O/c1-6-4-16(5-13-6)7-2-3-8(15-14-7)17-9(10,11)12/h2-5H,1H3. The summed E-state index contributed by atoms with van der Waals surface area (Å²) in [6, 6.07) is 2.44. The molecule has 5 nitrogen and oxygen atoms in total. The minimum absolute atomic E-state index is 0.361. The predicted molar refractivity (Wildman–Crippen MR) is 50.6 cm³/mol. The fourth-order valence-corrected chi connectivity index (χ4v) is 1.17. The van der Waals surface area contributed by atoms with Gasteiger partial charge in [-0.05, 0) is 13.0 Å². The largest absolute Gasteiger partial charge is 0.574 e. The third-order valence-corrected chi connectivity index (χ3v) is 1.82. The first-order valence-electron chi connectivity index (χ1n) is 4.54. The molecule has 0 aliphatic rings. The molecule has 90 valence electrons. The lowest BCUT2D eigenvalue weighted by Crippen LogP contribution is -2.18. The van der Waals surface area contributed by atoms with Crippen LogP contribution in [-0.2, 0) is 0 Å². The molecule has 0 radical (unpaired) electrons. The molecule has 0 bridgehead atoms. The summed E-state index contributed by atoms with van der Waals surface area (Å²) in [7, 11) is 0. The highest BCUT2D eigenvalue weighted by atomic mass is 19.4. The molecule has 0 aliphatic carbocycles. The van der Waals surface area contributed by atoms with E-state index in [0.29, 0.717) is 5.82 Å². The number of aromatic nitrogens is 4. The van der Waals surface area contributed by atoms with Gasteiger partial charge in [-0.25, -0.2) is 4.98 Å². The van der Waals surface area contributed by atoms with E-state index in [2.05, 4.69) is 19.9 Å². The first-order chi connectivity index (χ1) is 7.94. The van der Waals surface area contributed by atoms with Crippen molar-refractivity contribution in [2.45, 2.75) is 13.3 Å². The molecule has 0 fully saturated rings. The monoisotopic (exact) mass is 244 g/mol. The van der Waals surface area contributed by atoms with Gasteiger partial charge in [-0.3, -0.25) is 4.57 Å². The topological polar surface area (TPSA) is 52.8 Å². The summed E-state index contributed by atoms with van der Waals surface area (Å²) in [6.07, 6.45) is -1.60. The second-order valence-electron chi connectivity index (χ2n) is 3.20. The van der Waals surface area contributed by atoms with Crippen LogP contribution >= 0.6 is 0 Å². The zero-order valence-electron chi connectivity index (χ0n) is 8.64. The van der Waals surface area contributed by atoms with Crippen molar-refractivity contribution in [3.8, 4) is 11.7 Å². The average Bonchev–Trinajstić information content (AvgIpc) is 2.63. The van der Waals surface area contributed by atoms with Crippen LogP contribution in [0.5, 0.6) is 5.88 Å². The minimum atomic E-state index is -4.76. The summed E-state index contributed by atoms with van der Waals surface area (Å²) in [5.74, 6) is -0.238. The number of aryl methyl sites for hydroxylation is 1. The summed E-state index contributed by atoms with van der Waals surface area (Å²) < 4.78 is 40.7. The Kier molecular flexibility index (Phi) is 2.70. The van der Waals surface area contributed by atoms with Crippen molar-refractivity contribution in [2.75, 3.05) is 0 Å². The Bertz CT molecular complexity index is 506. The second-order valence-corrected chi connectivity index (χ2v) is 3.20. The van der Waals surface area contributed by atoms with E-state index in [4.69, 9.17) is 0 Å². The van der Waals surface area contributed by atoms with Crippen LogP contribution in [-0.4, -0.2) is 26.1 Å². The number of rotatable bonds is 2. The number of halogens is 3. The summed E-state index contributed by atoms with van der Waals surface area (Å²) in [4.78, 5) is 3.96. The fourth-order valence-electron chi connectivity index (χ4n) is 1.17. The number of ether oxygens (including phenoxy) is 1. The summed E-state index contributed by atoms with van der Waals surface area (Å²) in [6.45, 7) is 1.78. The molecule has 0 aliphatic heterocycles. The SMILES string of the molecule is Cc1cn(-c2ccc(OC(F)(F)F)nn2)cn1. The van der Waals surface area contributed by atoms with E-state index in [-0.39, 0.29) is 0 Å². The highest BCUT2D eigenvalue weighted by Gasteiger charge is 2.31. The highest BCUT2D eigenvalue weighted by Crippen LogP contribution is 2.20. The fraction of sp³-hybridized carbons (Fsp3) is 0.222. The van der Waals surface area contributed by atoms with Crippen molar-refractivity contribution >= 4 is 0 Å². The molecule has 0 N–H and O–H groups in total. The van der Waals surface area contributed by atoms with Crippen molar-refractivity contribution in [2.24, 2.45) is 0 Å². The van der Waals surface area contributed by atoms with Crippen molar-refractivity contribution in [1.82, 2.24) is 19.7 Å². The zero-order valence-corrected chi connectivity index (χ0v) is 8.64. The van der Waals surface area contributed by atoms with Gasteiger partial charge >= 0.3 is 6.36 Å². The van der Waals surface area contributed by atoms with Crippen LogP contribution in [0.4, 0.5) is 13.2 Å². The summed E-state index contributed by atoms with van der Waals surface area (Å²) in [5, 5.41) is 6.90. The van der Waals surface area contributed by atoms with Crippen molar-refractivity contribution < 1.29 is 17.9 Å². The number of hydrogen-bond donors (Lipinski definition) is 0. The Morgan fingerprint density at radius 1 is 1.24 bits per heavy atom. The van der Waals surface area contributed by atoms with Crippen molar-refractivity contribution in [3.05, 3.63) is 30.4 Å². The average molecular weight is 244 g/mol. The van der Waals surface area contributed by atoms with Gasteiger partial charge in [-0.2, -0.15) is 0 Å². The zero-order chi connectivity index (χ0) is 12.5. The summed E-state index contributed by atoms with van der Waals surface area (Å²) >= 11 is 0. The molecule has 2 rings (SSSR count). The quantitative estimate of drug-likeness (QED) is 0.809. The Labute approximate surface area is 93.9 Å². The van der Waals surface area contributed by atoms with E-state index in [1.165, 1.54) is 12.4 Å². The number of nitrogens with zero attached hydrogens (tertiary/aromatic N) is 4. The van der Waals surface area contributed by atoms with Crippen LogP contribution in [0.15, 0.2) is 24.7 Å². The summed E-state index contributed by atoms with van der Waals surface area (Å²) in [5.41, 5.74) is 0.766. The van der Waals surface area contributed by atoms with Crippen LogP contribution in [0.1, 0.15) is 5.69 Å². The molecule has 0 unspecified atom stereocenters. The van der Waals surface area contributed by atoms with E-state index in [0.717, 1.165) is 11.8 Å². The Morgan fingerprint density at radius 2 is 2.00 bits per heavy atom. The van der Waals surface area contributed by atoms with Crippen LogP contribution in [0.3, 0.4) is 0 Å². The van der Waals surface area contributed by atoms with E-state index in [1.807, 2.05) is 0 Å². The molecule has 0 amide bonds. The van der Waals surface area contributed by atoms with Crippen LogP contribution < -0.4 is 4.74 Å². The lowest BCUT2D eigenvalue weighted by atomic mass is 10.5. The van der Waals surface area contributed by atoms with Gasteiger partial charge in [-0.15, -0.1) is 23.4 Å². The third-order valence-electron chi connectivity index (χ3n) is 1.82. The number of alkyl halides is 3. The van der Waals surface area contributed by atoms with E-state index in [1.54, 1.807) is 17.7 Å².